The number of nitrogens with one attached hydrogen (secondary N) is 1. The number of nitrogens with zero attached hydrogens (tertiary/aromatic N) is 1. The normalized spacial score (nSPS) is 11.3. The van der Waals surface area contributed by atoms with E-state index in [1.807, 2.05) is 0 Å². The third-order valence-electron chi connectivity index (χ3n) is 2.26. The molecule has 19 heavy (non-hydrogen) atoms. The van der Waals surface area contributed by atoms with Crippen molar-refractivity contribution < 1.29 is 13.2 Å². The van der Waals surface area contributed by atoms with E-state index < -0.39 is 10.0 Å². The molecule has 102 valence electrons. The number of hydrogen-bond acceptors (Lipinski definition) is 5. The summed E-state index contributed by atoms with van der Waals surface area (Å²) in [5.74, 6) is 0.281. The molecule has 1 aromatic carbocycles. The van der Waals surface area contributed by atoms with Crippen molar-refractivity contribution in [2.24, 2.45) is 0 Å². The van der Waals surface area contributed by atoms with E-state index in [1.54, 1.807) is 24.4 Å². The third kappa shape index (κ3) is 3.26. The number of halogens is 1. The van der Waals surface area contributed by atoms with Crippen molar-refractivity contribution in [3.8, 4) is 5.75 Å². The van der Waals surface area contributed by atoms with Crippen LogP contribution in [0.5, 0.6) is 5.75 Å². The van der Waals surface area contributed by atoms with Crippen LogP contribution in [0.25, 0.3) is 0 Å². The van der Waals surface area contributed by atoms with Gasteiger partial charge in [-0.1, -0.05) is 15.9 Å². The highest BCUT2D eigenvalue weighted by molar-refractivity contribution is 9.10. The highest BCUT2D eigenvalue weighted by atomic mass is 79.9. The van der Waals surface area contributed by atoms with Crippen molar-refractivity contribution in [3.05, 3.63) is 33.7 Å². The van der Waals surface area contributed by atoms with E-state index in [-0.39, 0.29) is 10.6 Å². The fourth-order valence-corrected chi connectivity index (χ4v) is 4.08. The lowest BCUT2D eigenvalue weighted by Crippen LogP contribution is -2.14. The van der Waals surface area contributed by atoms with Gasteiger partial charge in [-0.2, -0.15) is 0 Å². The predicted octanol–water partition coefficient (Wildman–Crippen LogP) is 3.02. The van der Waals surface area contributed by atoms with Crippen LogP contribution in [0.2, 0.25) is 0 Å². The van der Waals surface area contributed by atoms with Crippen LogP contribution in [-0.4, -0.2) is 20.5 Å². The van der Waals surface area contributed by atoms with Crippen molar-refractivity contribution in [3.63, 3.8) is 0 Å². The fraction of sp³-hybridized carbons (Fsp3) is 0.182. The summed E-state index contributed by atoms with van der Waals surface area (Å²) in [5.41, 5.74) is 0.768. The summed E-state index contributed by atoms with van der Waals surface area (Å²) in [6.45, 7) is 1.80. The molecule has 0 aliphatic carbocycles. The largest absolute Gasteiger partial charge is 0.495 e. The standard InChI is InChI=1S/C11H11BrN2O3S2/c1-7-6-18-11(13-7)14-19(15,16)10-5-8(12)3-4-9(10)17-2/h3-6H,1-2H3,(H,13,14). The van der Waals surface area contributed by atoms with Crippen LogP contribution in [0, 0.1) is 6.92 Å². The van der Waals surface area contributed by atoms with E-state index in [4.69, 9.17) is 4.74 Å². The summed E-state index contributed by atoms with van der Waals surface area (Å²) in [7, 11) is -2.30. The minimum atomic E-state index is -3.72. The van der Waals surface area contributed by atoms with Crippen molar-refractivity contribution in [2.75, 3.05) is 11.8 Å². The van der Waals surface area contributed by atoms with Gasteiger partial charge in [0.15, 0.2) is 5.13 Å². The van der Waals surface area contributed by atoms with Gasteiger partial charge in [-0.25, -0.2) is 13.4 Å². The van der Waals surface area contributed by atoms with E-state index in [2.05, 4.69) is 25.6 Å². The van der Waals surface area contributed by atoms with E-state index in [9.17, 15) is 8.42 Å². The van der Waals surface area contributed by atoms with Crippen LogP contribution in [0.15, 0.2) is 32.9 Å². The molecule has 1 N–H and O–H groups in total. The van der Waals surface area contributed by atoms with E-state index in [0.717, 1.165) is 5.69 Å². The summed E-state index contributed by atoms with van der Waals surface area (Å²) in [4.78, 5) is 4.14. The Morgan fingerprint density at radius 3 is 2.74 bits per heavy atom. The lowest BCUT2D eigenvalue weighted by atomic mass is 10.3. The van der Waals surface area contributed by atoms with Gasteiger partial charge >= 0.3 is 0 Å². The fourth-order valence-electron chi connectivity index (χ4n) is 1.43. The van der Waals surface area contributed by atoms with Crippen molar-refractivity contribution in [1.82, 2.24) is 4.98 Å². The summed E-state index contributed by atoms with van der Waals surface area (Å²) in [6, 6.07) is 4.79. The van der Waals surface area contributed by atoms with Gasteiger partial charge < -0.3 is 4.74 Å². The quantitative estimate of drug-likeness (QED) is 0.907. The number of aromatic nitrogens is 1. The zero-order valence-electron chi connectivity index (χ0n) is 10.2. The molecule has 5 nitrogen and oxygen atoms in total. The average molecular weight is 363 g/mol. The molecule has 0 unspecified atom stereocenters. The molecule has 0 amide bonds. The molecule has 0 aliphatic rings. The number of aryl methyl sites for hydroxylation is 1. The van der Waals surface area contributed by atoms with Crippen LogP contribution in [-0.2, 0) is 10.0 Å². The molecule has 0 bridgehead atoms. The molecular formula is C11H11BrN2O3S2. The number of methoxy groups -OCH3 is 1. The summed E-state index contributed by atoms with van der Waals surface area (Å²) in [5, 5.41) is 2.11. The van der Waals surface area contributed by atoms with Gasteiger partial charge in [-0.3, -0.25) is 4.72 Å². The van der Waals surface area contributed by atoms with Gasteiger partial charge in [0.1, 0.15) is 10.6 Å². The SMILES string of the molecule is COc1ccc(Br)cc1S(=O)(=O)Nc1nc(C)cs1. The van der Waals surface area contributed by atoms with Crippen molar-refractivity contribution in [1.29, 1.82) is 0 Å². The van der Waals surface area contributed by atoms with Gasteiger partial charge in [0.25, 0.3) is 10.0 Å². The maximum absolute atomic E-state index is 12.3. The number of ether oxygens (including phenoxy) is 1. The molecule has 8 heteroatoms. The number of benzene rings is 1. The van der Waals surface area contributed by atoms with E-state index >= 15 is 0 Å². The highest BCUT2D eigenvalue weighted by Crippen LogP contribution is 2.29. The molecule has 1 heterocycles. The topological polar surface area (TPSA) is 68.3 Å². The van der Waals surface area contributed by atoms with Crippen LogP contribution in [0.1, 0.15) is 5.69 Å². The second kappa shape index (κ2) is 5.48. The molecule has 2 rings (SSSR count). The zero-order valence-corrected chi connectivity index (χ0v) is 13.4. The number of sulfonamides is 1. The van der Waals surface area contributed by atoms with Crippen molar-refractivity contribution in [2.45, 2.75) is 11.8 Å². The molecule has 1 aromatic heterocycles. The summed E-state index contributed by atoms with van der Waals surface area (Å²) < 4.78 is 32.8. The maximum Gasteiger partial charge on any atom is 0.267 e. The number of rotatable bonds is 4. The van der Waals surface area contributed by atoms with Crippen LogP contribution in [0.3, 0.4) is 0 Å². The van der Waals surface area contributed by atoms with Crippen LogP contribution >= 0.6 is 27.3 Å². The van der Waals surface area contributed by atoms with Crippen LogP contribution < -0.4 is 9.46 Å². The molecule has 0 spiro atoms. The Morgan fingerprint density at radius 2 is 2.16 bits per heavy atom. The first kappa shape index (κ1) is 14.3. The van der Waals surface area contributed by atoms with Gasteiger partial charge in [-0.15, -0.1) is 11.3 Å². The Morgan fingerprint density at radius 1 is 1.42 bits per heavy atom. The average Bonchev–Trinajstić information content (AvgIpc) is 2.74. The molecule has 0 fully saturated rings. The molecule has 0 saturated heterocycles. The lowest BCUT2D eigenvalue weighted by Gasteiger charge is -2.10. The number of thiazole rings is 1. The van der Waals surface area contributed by atoms with E-state index in [1.165, 1.54) is 24.5 Å². The van der Waals surface area contributed by atoms with Gasteiger partial charge in [0, 0.05) is 9.85 Å². The Hall–Kier alpha value is -1.12. The second-order valence-corrected chi connectivity index (χ2v) is 7.12. The predicted molar refractivity (Wildman–Crippen MR) is 78.4 cm³/mol. The minimum Gasteiger partial charge on any atom is -0.495 e. The maximum atomic E-state index is 12.3. The first-order chi connectivity index (χ1) is 8.92. The van der Waals surface area contributed by atoms with Gasteiger partial charge in [-0.05, 0) is 25.1 Å². The smallest absolute Gasteiger partial charge is 0.267 e. The molecule has 0 aliphatic heterocycles. The molecule has 0 radical (unpaired) electrons. The molecule has 0 atom stereocenters. The first-order valence-electron chi connectivity index (χ1n) is 5.21. The minimum absolute atomic E-state index is 0.0669. The Bertz CT molecular complexity index is 698. The van der Waals surface area contributed by atoms with Crippen LogP contribution in [0.4, 0.5) is 5.13 Å². The molecular weight excluding hydrogens is 352 g/mol. The first-order valence-corrected chi connectivity index (χ1v) is 8.36. The zero-order chi connectivity index (χ0) is 14.0. The number of anilines is 1. The Kier molecular flexibility index (Phi) is 4.12. The van der Waals surface area contributed by atoms with E-state index in [0.29, 0.717) is 9.60 Å². The Balaban J connectivity index is 2.41. The summed E-state index contributed by atoms with van der Waals surface area (Å²) >= 11 is 4.48. The van der Waals surface area contributed by atoms with Gasteiger partial charge in [0.05, 0.1) is 12.8 Å². The highest BCUT2D eigenvalue weighted by Gasteiger charge is 2.21. The Labute approximate surface area is 123 Å². The number of hydrogen-bond donors (Lipinski definition) is 1. The summed E-state index contributed by atoms with van der Waals surface area (Å²) in [6.07, 6.45) is 0. The van der Waals surface area contributed by atoms with Gasteiger partial charge in [0.2, 0.25) is 0 Å². The second-order valence-electron chi connectivity index (χ2n) is 3.69. The molecule has 0 saturated carbocycles. The monoisotopic (exact) mass is 362 g/mol. The van der Waals surface area contributed by atoms with Crippen molar-refractivity contribution >= 4 is 42.4 Å². The molecule has 2 aromatic rings. The lowest BCUT2D eigenvalue weighted by molar-refractivity contribution is 0.403. The third-order valence-corrected chi connectivity index (χ3v) is 5.11.